The Labute approximate surface area is 222 Å². The van der Waals surface area contributed by atoms with Gasteiger partial charge in [0.25, 0.3) is 0 Å². The molecule has 0 aliphatic heterocycles. The number of nitrogens with zero attached hydrogens (tertiary/aromatic N) is 3. The fourth-order valence-electron chi connectivity index (χ4n) is 7.10. The number of carbonyl (C=O) groups excluding carboxylic acids is 1. The number of nitrogen functional groups attached to an aromatic ring is 1. The number of pyridine rings is 1. The van der Waals surface area contributed by atoms with Gasteiger partial charge in [0.05, 0.1) is 24.5 Å². The molecule has 0 atom stereocenters. The molecule has 4 bridgehead atoms. The third kappa shape index (κ3) is 4.64. The largest absolute Gasteiger partial charge is 0.493 e. The molecule has 0 amide bonds. The Morgan fingerprint density at radius 3 is 2.27 bits per heavy atom. The minimum Gasteiger partial charge on any atom is -0.493 e. The van der Waals surface area contributed by atoms with Crippen molar-refractivity contribution in [3.8, 4) is 34.8 Å². The van der Waals surface area contributed by atoms with Gasteiger partial charge in [0, 0.05) is 11.0 Å². The molecule has 0 radical (unpaired) electrons. The van der Waals surface area contributed by atoms with E-state index in [0.29, 0.717) is 45.4 Å². The third-order valence-corrected chi connectivity index (χ3v) is 9.18. The van der Waals surface area contributed by atoms with Crippen molar-refractivity contribution < 1.29 is 14.3 Å². The Hall–Kier alpha value is -3.23. The first-order valence-electron chi connectivity index (χ1n) is 12.9. The van der Waals surface area contributed by atoms with Crippen molar-refractivity contribution in [2.24, 2.45) is 23.2 Å². The molecular formula is C29H32N4O3S. The molecule has 0 saturated heterocycles. The van der Waals surface area contributed by atoms with Crippen molar-refractivity contribution in [2.75, 3.05) is 18.6 Å². The van der Waals surface area contributed by atoms with Crippen molar-refractivity contribution in [3.05, 3.63) is 29.3 Å². The van der Waals surface area contributed by atoms with Crippen LogP contribution in [0, 0.1) is 45.8 Å². The lowest BCUT2D eigenvalue weighted by Gasteiger charge is -2.56. The molecule has 8 heteroatoms. The monoisotopic (exact) mass is 516 g/mol. The van der Waals surface area contributed by atoms with Crippen molar-refractivity contribution in [1.29, 1.82) is 10.5 Å². The fraction of sp³-hybridized carbons (Fsp3) is 0.517. The standard InChI is InChI=1S/C29H32N4O3S/c1-16(2)36-23-5-4-20(9-24(23)35-3)26-21(13-30)27(32)33-28(22(26)14-31)37-15-25(34)29-10-17-6-18(11-29)8-19(7-17)12-29/h4-5,9,16-19H,6-8,10-12,15H2,1-3H3,(H2,32,33). The maximum absolute atomic E-state index is 13.6. The molecule has 1 aromatic carbocycles. The van der Waals surface area contributed by atoms with Crippen LogP contribution in [-0.2, 0) is 4.79 Å². The first-order valence-corrected chi connectivity index (χ1v) is 13.9. The molecule has 4 aliphatic rings. The average molecular weight is 517 g/mol. The quantitative estimate of drug-likeness (QED) is 0.440. The lowest BCUT2D eigenvalue weighted by Crippen LogP contribution is -2.50. The second-order valence-electron chi connectivity index (χ2n) is 11.1. The fourth-order valence-corrected chi connectivity index (χ4v) is 8.13. The molecule has 4 aliphatic carbocycles. The minimum atomic E-state index is -0.213. The minimum absolute atomic E-state index is 0.0442. The summed E-state index contributed by atoms with van der Waals surface area (Å²) in [4.78, 5) is 18.0. The van der Waals surface area contributed by atoms with Gasteiger partial charge in [0.1, 0.15) is 34.3 Å². The number of Topliss-reactive ketones (excluding diaryl/α,β-unsaturated/α-hetero) is 1. The number of rotatable bonds is 8. The van der Waals surface area contributed by atoms with E-state index in [1.807, 2.05) is 13.8 Å². The number of nitriles is 2. The molecule has 2 N–H and O–H groups in total. The van der Waals surface area contributed by atoms with Crippen LogP contribution in [0.1, 0.15) is 63.5 Å². The SMILES string of the molecule is COc1cc(-c2c(C#N)c(N)nc(SCC(=O)C34CC5CC(CC(C5)C3)C4)c2C#N)ccc1OC(C)C. The highest BCUT2D eigenvalue weighted by Crippen LogP contribution is 2.60. The van der Waals surface area contributed by atoms with E-state index in [2.05, 4.69) is 17.1 Å². The van der Waals surface area contributed by atoms with Gasteiger partial charge in [-0.05, 0) is 87.8 Å². The predicted octanol–water partition coefficient (Wildman–Crippen LogP) is 5.75. The zero-order valence-corrected chi connectivity index (χ0v) is 22.4. The summed E-state index contributed by atoms with van der Waals surface area (Å²) in [5.74, 6) is 3.67. The summed E-state index contributed by atoms with van der Waals surface area (Å²) in [6.07, 6.45) is 6.79. The van der Waals surface area contributed by atoms with E-state index < -0.39 is 0 Å². The smallest absolute Gasteiger partial charge is 0.161 e. The number of aromatic nitrogens is 1. The van der Waals surface area contributed by atoms with Crippen molar-refractivity contribution >= 4 is 23.4 Å². The zero-order chi connectivity index (χ0) is 26.3. The van der Waals surface area contributed by atoms with Gasteiger partial charge in [-0.25, -0.2) is 4.98 Å². The Kier molecular flexibility index (Phi) is 6.81. The number of anilines is 1. The van der Waals surface area contributed by atoms with Crippen LogP contribution in [0.5, 0.6) is 11.5 Å². The number of ketones is 1. The van der Waals surface area contributed by atoms with Gasteiger partial charge in [-0.1, -0.05) is 17.8 Å². The number of methoxy groups -OCH3 is 1. The lowest BCUT2D eigenvalue weighted by atomic mass is 9.48. The Bertz CT molecular complexity index is 1290. The van der Waals surface area contributed by atoms with Crippen LogP contribution in [-0.4, -0.2) is 29.7 Å². The second-order valence-corrected chi connectivity index (χ2v) is 12.1. The Balaban J connectivity index is 1.47. The summed E-state index contributed by atoms with van der Waals surface area (Å²) in [6.45, 7) is 3.85. The Morgan fingerprint density at radius 2 is 1.73 bits per heavy atom. The van der Waals surface area contributed by atoms with Gasteiger partial charge in [0.2, 0.25) is 0 Å². The van der Waals surface area contributed by atoms with Crippen molar-refractivity contribution in [2.45, 2.75) is 63.5 Å². The number of carbonyl (C=O) groups is 1. The van der Waals surface area contributed by atoms with E-state index >= 15 is 0 Å². The van der Waals surface area contributed by atoms with Crippen molar-refractivity contribution in [3.63, 3.8) is 0 Å². The average Bonchev–Trinajstić information content (AvgIpc) is 2.86. The first-order chi connectivity index (χ1) is 17.8. The second kappa shape index (κ2) is 9.91. The molecule has 7 nitrogen and oxygen atoms in total. The van der Waals surface area contributed by atoms with Gasteiger partial charge < -0.3 is 15.2 Å². The number of hydrogen-bond donors (Lipinski definition) is 1. The van der Waals surface area contributed by atoms with Crippen LogP contribution < -0.4 is 15.2 Å². The van der Waals surface area contributed by atoms with Crippen LogP contribution in [0.4, 0.5) is 5.82 Å². The number of ether oxygens (including phenoxy) is 2. The highest BCUT2D eigenvalue weighted by molar-refractivity contribution is 8.00. The van der Waals surface area contributed by atoms with Gasteiger partial charge in [0.15, 0.2) is 11.5 Å². The molecule has 6 rings (SSSR count). The van der Waals surface area contributed by atoms with Crippen LogP contribution in [0.3, 0.4) is 0 Å². The van der Waals surface area contributed by atoms with Crippen LogP contribution >= 0.6 is 11.8 Å². The van der Waals surface area contributed by atoms with Crippen molar-refractivity contribution in [1.82, 2.24) is 4.98 Å². The summed E-state index contributed by atoms with van der Waals surface area (Å²) >= 11 is 1.26. The highest BCUT2D eigenvalue weighted by atomic mass is 32.2. The van der Waals surface area contributed by atoms with E-state index in [1.54, 1.807) is 25.3 Å². The molecular weight excluding hydrogens is 484 g/mol. The normalized spacial score (nSPS) is 25.5. The molecule has 1 aromatic heterocycles. The molecule has 4 fully saturated rings. The summed E-state index contributed by atoms with van der Waals surface area (Å²) in [5, 5.41) is 20.4. The predicted molar refractivity (Wildman–Crippen MR) is 142 cm³/mol. The summed E-state index contributed by atoms with van der Waals surface area (Å²) < 4.78 is 11.3. The molecule has 0 spiro atoms. The van der Waals surface area contributed by atoms with Crippen LogP contribution in [0.15, 0.2) is 23.2 Å². The van der Waals surface area contributed by atoms with Crippen LogP contribution in [0.2, 0.25) is 0 Å². The van der Waals surface area contributed by atoms with Gasteiger partial charge in [-0.3, -0.25) is 4.79 Å². The molecule has 37 heavy (non-hydrogen) atoms. The zero-order valence-electron chi connectivity index (χ0n) is 21.5. The maximum atomic E-state index is 13.6. The number of thioether (sulfide) groups is 1. The molecule has 1 heterocycles. The number of benzene rings is 1. The highest BCUT2D eigenvalue weighted by Gasteiger charge is 2.54. The van der Waals surface area contributed by atoms with E-state index in [4.69, 9.17) is 15.2 Å². The van der Waals surface area contributed by atoms with Gasteiger partial charge in [-0.15, -0.1) is 0 Å². The molecule has 192 valence electrons. The summed E-state index contributed by atoms with van der Waals surface area (Å²) in [5.41, 5.74) is 7.38. The summed E-state index contributed by atoms with van der Waals surface area (Å²) in [6, 6.07) is 9.63. The van der Waals surface area contributed by atoms with Crippen LogP contribution in [0.25, 0.3) is 11.1 Å². The van der Waals surface area contributed by atoms with E-state index in [-0.39, 0.29) is 40.0 Å². The lowest BCUT2D eigenvalue weighted by molar-refractivity contribution is -0.141. The first kappa shape index (κ1) is 25.4. The maximum Gasteiger partial charge on any atom is 0.161 e. The van der Waals surface area contributed by atoms with E-state index in [0.717, 1.165) is 19.3 Å². The summed E-state index contributed by atoms with van der Waals surface area (Å²) in [7, 11) is 1.54. The van der Waals surface area contributed by atoms with E-state index in [9.17, 15) is 15.3 Å². The molecule has 4 saturated carbocycles. The third-order valence-electron chi connectivity index (χ3n) is 8.20. The molecule has 2 aromatic rings. The molecule has 0 unspecified atom stereocenters. The topological polar surface area (TPSA) is 122 Å². The van der Waals surface area contributed by atoms with Gasteiger partial charge >= 0.3 is 0 Å². The number of hydrogen-bond acceptors (Lipinski definition) is 8. The Morgan fingerprint density at radius 1 is 1.11 bits per heavy atom. The number of nitrogens with two attached hydrogens (primary N) is 1. The van der Waals surface area contributed by atoms with E-state index in [1.165, 1.54) is 31.0 Å². The van der Waals surface area contributed by atoms with Gasteiger partial charge in [-0.2, -0.15) is 10.5 Å².